The van der Waals surface area contributed by atoms with Gasteiger partial charge in [-0.15, -0.1) is 0 Å². The molecule has 41 heteroatoms. The van der Waals surface area contributed by atoms with Crippen molar-refractivity contribution >= 4 is 98.7 Å². The van der Waals surface area contributed by atoms with E-state index in [1.54, 1.807) is 40.7 Å². The molecule has 7 heterocycles. The summed E-state index contributed by atoms with van der Waals surface area (Å²) in [5.74, 6) is -17.3. The SMILES string of the molecule is CC[C@H](C)[C@@H]1NC(=O)CNC(=O)[C@H]2CC(=O)[C@H]([C@@H](C)[C@@H](O)CO)NC(=O)[C@@H]3C[C@@H](O)CN3C(=O)[C@H](CC(N)=O)CC(=O)[C@@H]3CS(=O)c4[nH]c5cc(ccc5c4C2)OC1(CCCCCCN(C)C(=O)OCc1ccc(OC2O[C@H](C(=O)O)[C@@H](O)[C@H](O)[C@H]2O)c(C(=O)NCCOCCOCCONC(=O)OC(C)(C)C)c1)C(=O)NCC(=O)N3. The molecule has 10 amide bonds. The van der Waals surface area contributed by atoms with Gasteiger partial charge in [-0.25, -0.2) is 14.4 Å². The third kappa shape index (κ3) is 24.5. The smallest absolute Gasteiger partial charge is 0.431 e. The van der Waals surface area contributed by atoms with Gasteiger partial charge in [0.1, 0.15) is 53.1 Å². The number of H-pyrrole nitrogens is 1. The average Bonchev–Trinajstić information content (AvgIpc) is 1.48. The summed E-state index contributed by atoms with van der Waals surface area (Å²) in [4.78, 5) is 193. The average molecular weight is 1660 g/mol. The number of carboxylic acid groups (broad SMARTS) is 1. The Labute approximate surface area is 669 Å². The van der Waals surface area contributed by atoms with Crippen LogP contribution in [0.4, 0.5) is 9.59 Å². The highest BCUT2D eigenvalue weighted by Crippen LogP contribution is 2.38. The molecule has 3 unspecified atom stereocenters. The van der Waals surface area contributed by atoms with Crippen LogP contribution < -0.4 is 52.6 Å². The Morgan fingerprint density at radius 1 is 0.828 bits per heavy atom. The van der Waals surface area contributed by atoms with Crippen LogP contribution in [-0.4, -0.2) is 295 Å². The van der Waals surface area contributed by atoms with E-state index in [-0.39, 0.29) is 110 Å². The van der Waals surface area contributed by atoms with E-state index in [4.69, 9.17) is 43.7 Å². The molecule has 3 aromatic rings. The van der Waals surface area contributed by atoms with Gasteiger partial charge in [0, 0.05) is 75.7 Å². The zero-order valence-corrected chi connectivity index (χ0v) is 66.4. The van der Waals surface area contributed by atoms with Crippen molar-refractivity contribution < 1.29 is 140 Å². The van der Waals surface area contributed by atoms with Crippen LogP contribution in [-0.2, 0) is 100 Å². The monoisotopic (exact) mass is 1660 g/mol. The van der Waals surface area contributed by atoms with Crippen LogP contribution in [0, 0.1) is 23.7 Å². The third-order valence-electron chi connectivity index (χ3n) is 20.6. The van der Waals surface area contributed by atoms with E-state index in [0.717, 1.165) is 4.90 Å². The number of primary amides is 1. The van der Waals surface area contributed by atoms with Crippen molar-refractivity contribution in [2.24, 2.45) is 29.4 Å². The standard InChI is InChI=1S/C75H107N11O29S/c1-8-38(2)63-75(17-11-9-10-12-19-85(7)73(106)110-36-40-13-16-54(112-70-61(97)59(95)60(96)62(113-70)69(102)103)47(25-40)65(99)77-18-20-108-21-22-109-23-24-111-84-72(105)115-74(4,5)6)71(104)79-33-56(93)80-49-37-116(107)67-46(45-15-14-44(114-75)31-48(45)81-67)26-41(64(98)78-32-57(94)82-63)27-52(90)58(39(3)53(91)35-87)83-66(100)50-30-43(88)34-86(50)68(101)42(28-51(49)89)29-55(76)92/h13-16,25,31,38-39,41-43,49-50,53,58-63,70,81,87-88,91,95-97H,8-12,17-24,26-30,32-37H2,1-7H3,(H2,76,92)(H,77,99)(H,78,98)(H,79,104)(H,80,93)(H,82,94)(H,83,100)(H,84,105)(H,102,103)/t38-,39-,41+,42-,43+,49-,50-,53-,58-,59-,60-,61+,62-,63-,70?,75?,116?/m0/s1. The number of amides is 10. The number of nitrogens with two attached hydrogens (primary N) is 1. The lowest BCUT2D eigenvalue weighted by Gasteiger charge is -2.42. The number of aromatic nitrogens is 1. The van der Waals surface area contributed by atoms with Gasteiger partial charge in [-0.2, -0.15) is 5.48 Å². The Morgan fingerprint density at radius 3 is 2.22 bits per heavy atom. The number of nitrogens with one attached hydrogen (secondary N) is 8. The number of hydrogen-bond acceptors (Lipinski definition) is 28. The lowest BCUT2D eigenvalue weighted by atomic mass is 9.79. The van der Waals surface area contributed by atoms with E-state index in [1.807, 2.05) is 0 Å². The number of carbonyl (C=O) groups excluding carboxylic acids is 12. The lowest BCUT2D eigenvalue weighted by Crippen LogP contribution is -2.67. The minimum Gasteiger partial charge on any atom is -0.479 e. The van der Waals surface area contributed by atoms with E-state index in [1.165, 1.54) is 49.2 Å². The Kier molecular flexibility index (Phi) is 33.3. The number of aromatic amines is 1. The summed E-state index contributed by atoms with van der Waals surface area (Å²) in [6.07, 6.45) is -16.7. The summed E-state index contributed by atoms with van der Waals surface area (Å²) in [5.41, 5.74) is 5.23. The Bertz CT molecular complexity index is 4070. The molecule has 17 atom stereocenters. The van der Waals surface area contributed by atoms with E-state index in [0.29, 0.717) is 19.3 Å². The second-order valence-electron chi connectivity index (χ2n) is 30.5. The molecule has 2 saturated heterocycles. The highest BCUT2D eigenvalue weighted by Gasteiger charge is 2.53. The van der Waals surface area contributed by atoms with Crippen LogP contribution in [0.2, 0.25) is 0 Å². The van der Waals surface area contributed by atoms with Crippen molar-refractivity contribution in [2.75, 3.05) is 85.2 Å². The second-order valence-corrected chi connectivity index (χ2v) is 31.9. The van der Waals surface area contributed by atoms with Crippen molar-refractivity contribution in [2.45, 2.75) is 202 Å². The molecule has 642 valence electrons. The predicted octanol–water partition coefficient (Wildman–Crippen LogP) is -2.60. The normalized spacial score (nSPS) is 26.6. The molecule has 0 spiro atoms. The van der Waals surface area contributed by atoms with Crippen LogP contribution in [0.15, 0.2) is 41.4 Å². The molecule has 0 saturated carbocycles. The number of ether oxygens (including phenoxy) is 7. The Balaban J connectivity index is 1.02. The van der Waals surface area contributed by atoms with Gasteiger partial charge in [0.15, 0.2) is 17.7 Å². The highest BCUT2D eigenvalue weighted by atomic mass is 32.2. The maximum Gasteiger partial charge on any atom is 0.431 e. The first-order valence-corrected chi connectivity index (χ1v) is 39.7. The van der Waals surface area contributed by atoms with Gasteiger partial charge in [0.05, 0.1) is 117 Å². The summed E-state index contributed by atoms with van der Waals surface area (Å²) in [5, 5.41) is 89.5. The summed E-state index contributed by atoms with van der Waals surface area (Å²) < 4.78 is 55.0. The van der Waals surface area contributed by atoms with Crippen LogP contribution in [0.25, 0.3) is 10.9 Å². The minimum atomic E-state index is -2.40. The van der Waals surface area contributed by atoms with Gasteiger partial charge in [-0.1, -0.05) is 46.1 Å². The number of aliphatic hydroxyl groups excluding tert-OH is 6. The number of aliphatic carboxylic acids is 1. The summed E-state index contributed by atoms with van der Waals surface area (Å²) in [7, 11) is -0.936. The number of nitrogens with zero attached hydrogens (tertiary/aromatic N) is 2. The maximum atomic E-state index is 15.6. The predicted molar refractivity (Wildman–Crippen MR) is 403 cm³/mol. The fourth-order valence-electron chi connectivity index (χ4n) is 14.2. The zero-order valence-electron chi connectivity index (χ0n) is 65.6. The number of aliphatic hydroxyl groups is 6. The lowest BCUT2D eigenvalue weighted by molar-refractivity contribution is -0.271. The summed E-state index contributed by atoms with van der Waals surface area (Å²) in [6.45, 7) is 6.67. The number of carboxylic acids is 1. The van der Waals surface area contributed by atoms with Crippen molar-refractivity contribution in [1.29, 1.82) is 0 Å². The third-order valence-corrected chi connectivity index (χ3v) is 22.0. The van der Waals surface area contributed by atoms with Gasteiger partial charge in [-0.05, 0) is 87.8 Å². The van der Waals surface area contributed by atoms with Crippen LogP contribution in [0.5, 0.6) is 11.5 Å². The quantitative estimate of drug-likeness (QED) is 0.0240. The molecule has 6 aliphatic rings. The number of ketones is 2. The van der Waals surface area contributed by atoms with Gasteiger partial charge in [0.25, 0.3) is 11.8 Å². The van der Waals surface area contributed by atoms with Crippen molar-refractivity contribution in [3.05, 3.63) is 53.1 Å². The van der Waals surface area contributed by atoms with Gasteiger partial charge in [0.2, 0.25) is 47.3 Å². The molecule has 0 aliphatic carbocycles. The van der Waals surface area contributed by atoms with E-state index < -0.39 is 260 Å². The van der Waals surface area contributed by atoms with Crippen LogP contribution >= 0.6 is 0 Å². The van der Waals surface area contributed by atoms with Crippen molar-refractivity contribution in [3.63, 3.8) is 0 Å². The van der Waals surface area contributed by atoms with Crippen LogP contribution in [0.3, 0.4) is 0 Å². The fraction of sp³-hybridized carbons (Fsp3) is 0.640. The van der Waals surface area contributed by atoms with Crippen molar-refractivity contribution in [1.82, 2.24) is 52.2 Å². The summed E-state index contributed by atoms with van der Waals surface area (Å²) >= 11 is 0. The molecule has 2 fully saturated rings. The van der Waals surface area contributed by atoms with E-state index >= 15 is 13.8 Å². The molecule has 116 heavy (non-hydrogen) atoms. The number of unbranched alkanes of at least 4 members (excludes halogenated alkanes) is 3. The van der Waals surface area contributed by atoms with Gasteiger partial charge in [-0.3, -0.25) is 57.0 Å². The Morgan fingerprint density at radius 2 is 1.53 bits per heavy atom. The highest BCUT2D eigenvalue weighted by molar-refractivity contribution is 7.85. The largest absolute Gasteiger partial charge is 0.479 e. The fourth-order valence-corrected chi connectivity index (χ4v) is 15.6. The van der Waals surface area contributed by atoms with Gasteiger partial charge >= 0.3 is 18.2 Å². The van der Waals surface area contributed by atoms with Crippen molar-refractivity contribution in [3.8, 4) is 11.5 Å². The maximum absolute atomic E-state index is 15.6. The topological polar surface area (TPSA) is 587 Å². The molecule has 40 nitrogen and oxygen atoms in total. The molecule has 8 bridgehead atoms. The molecule has 17 N–H and O–H groups in total. The molecule has 6 aliphatic heterocycles. The zero-order chi connectivity index (χ0) is 85.0. The molecule has 2 aromatic carbocycles. The number of hydrogen-bond donors (Lipinski definition) is 16. The number of rotatable bonds is 30. The number of fused-ring (bicyclic) bond motifs is 9. The first-order valence-electron chi connectivity index (χ1n) is 38.4. The van der Waals surface area contributed by atoms with Crippen LogP contribution in [0.1, 0.15) is 127 Å². The number of hydroxylamine groups is 1. The molecular weight excluding hydrogens is 1550 g/mol. The number of Topliss-reactive ketones (excluding diaryl/α,β-unsaturated/α-hetero) is 2. The first-order chi connectivity index (χ1) is 54.9. The molecule has 9 rings (SSSR count). The summed E-state index contributed by atoms with van der Waals surface area (Å²) in [6, 6.07) is 2.06. The number of benzene rings is 2. The first kappa shape index (κ1) is 92.0. The van der Waals surface area contributed by atoms with E-state index in [9.17, 15) is 88.5 Å². The molecule has 1 aromatic heterocycles. The molecule has 0 radical (unpaired) electrons. The van der Waals surface area contributed by atoms with Gasteiger partial charge < -0.3 is 121 Å². The molecular formula is C75H107N11O29S. The Hall–Kier alpha value is -9.56. The minimum absolute atomic E-state index is 0.00455. The van der Waals surface area contributed by atoms with E-state index in [2.05, 4.69) is 42.4 Å². The second kappa shape index (κ2) is 42.0. The number of carbonyl (C=O) groups is 13.